The van der Waals surface area contributed by atoms with Crippen LogP contribution < -0.4 is 11.1 Å². The average Bonchev–Trinajstić information content (AvgIpc) is 2.20. The lowest BCUT2D eigenvalue weighted by Crippen LogP contribution is -2.18. The second-order valence-electron chi connectivity index (χ2n) is 3.01. The van der Waals surface area contributed by atoms with Crippen LogP contribution >= 0.6 is 11.6 Å². The van der Waals surface area contributed by atoms with E-state index in [4.69, 9.17) is 22.1 Å². The van der Waals surface area contributed by atoms with Gasteiger partial charge in [-0.2, -0.15) is 0 Å². The van der Waals surface area contributed by atoms with Gasteiger partial charge in [0.05, 0.1) is 0 Å². The molecule has 1 aromatic rings. The number of carbonyl (C=O) groups excluding carboxylic acids is 1. The maximum Gasteiger partial charge on any atom is 0.411 e. The van der Waals surface area contributed by atoms with Gasteiger partial charge in [-0.15, -0.1) is 0 Å². The van der Waals surface area contributed by atoms with E-state index in [2.05, 4.69) is 5.32 Å². The second-order valence-corrected chi connectivity index (χ2v) is 3.42. The van der Waals surface area contributed by atoms with E-state index in [0.29, 0.717) is 17.3 Å². The lowest BCUT2D eigenvalue weighted by Gasteiger charge is -2.06. The normalized spacial score (nSPS) is 9.80. The summed E-state index contributed by atoms with van der Waals surface area (Å²) in [6, 6.07) is 5.24. The summed E-state index contributed by atoms with van der Waals surface area (Å²) >= 11 is 5.89. The highest BCUT2D eigenvalue weighted by Crippen LogP contribution is 2.19. The summed E-state index contributed by atoms with van der Waals surface area (Å²) in [5, 5.41) is 3.15. The maximum absolute atomic E-state index is 11.1. The number of aryl methyl sites for hydroxylation is 1. The third-order valence-electron chi connectivity index (χ3n) is 1.77. The zero-order valence-electron chi connectivity index (χ0n) is 8.42. The van der Waals surface area contributed by atoms with Crippen LogP contribution in [0.4, 0.5) is 10.5 Å². The van der Waals surface area contributed by atoms with Crippen molar-refractivity contribution in [2.24, 2.45) is 5.73 Å². The number of benzene rings is 1. The van der Waals surface area contributed by atoms with Gasteiger partial charge in [0, 0.05) is 17.3 Å². The summed E-state index contributed by atoms with van der Waals surface area (Å²) in [5.41, 5.74) is 6.75. The molecule has 82 valence electrons. The molecule has 0 aliphatic heterocycles. The van der Waals surface area contributed by atoms with E-state index in [-0.39, 0.29) is 6.61 Å². The SMILES string of the molecule is Cc1ccc(NC(=O)OCCN)cc1Cl. The Morgan fingerprint density at radius 3 is 2.93 bits per heavy atom. The third-order valence-corrected chi connectivity index (χ3v) is 2.18. The van der Waals surface area contributed by atoms with Crippen LogP contribution in [0.15, 0.2) is 18.2 Å². The Hall–Kier alpha value is -1.26. The molecule has 0 bridgehead atoms. The highest BCUT2D eigenvalue weighted by atomic mass is 35.5. The first-order valence-electron chi connectivity index (χ1n) is 4.53. The molecule has 0 saturated carbocycles. The molecule has 0 aromatic heterocycles. The highest BCUT2D eigenvalue weighted by Gasteiger charge is 2.03. The molecule has 1 aromatic carbocycles. The minimum absolute atomic E-state index is 0.200. The largest absolute Gasteiger partial charge is 0.448 e. The van der Waals surface area contributed by atoms with E-state index in [1.54, 1.807) is 12.1 Å². The molecule has 0 atom stereocenters. The van der Waals surface area contributed by atoms with Crippen LogP contribution in [-0.2, 0) is 4.74 Å². The van der Waals surface area contributed by atoms with Crippen LogP contribution in [0.1, 0.15) is 5.56 Å². The number of nitrogens with one attached hydrogen (secondary N) is 1. The van der Waals surface area contributed by atoms with E-state index in [1.165, 1.54) is 0 Å². The predicted octanol–water partition coefficient (Wildman–Crippen LogP) is 2.16. The van der Waals surface area contributed by atoms with Crippen molar-refractivity contribution >= 4 is 23.4 Å². The van der Waals surface area contributed by atoms with Crippen molar-refractivity contribution in [1.29, 1.82) is 0 Å². The molecule has 1 rings (SSSR count). The number of hydrogen-bond donors (Lipinski definition) is 2. The number of ether oxygens (including phenoxy) is 1. The molecule has 3 N–H and O–H groups in total. The Labute approximate surface area is 93.4 Å². The molecular weight excluding hydrogens is 216 g/mol. The molecule has 5 heteroatoms. The zero-order chi connectivity index (χ0) is 11.3. The van der Waals surface area contributed by atoms with E-state index in [9.17, 15) is 4.79 Å². The van der Waals surface area contributed by atoms with Gasteiger partial charge in [0.15, 0.2) is 0 Å². The summed E-state index contributed by atoms with van der Waals surface area (Å²) in [5.74, 6) is 0. The Kier molecular flexibility index (Phi) is 4.39. The molecule has 0 aliphatic carbocycles. The molecule has 1 amide bonds. The van der Waals surface area contributed by atoms with E-state index in [1.807, 2.05) is 13.0 Å². The van der Waals surface area contributed by atoms with E-state index >= 15 is 0 Å². The Balaban J connectivity index is 2.57. The molecule has 0 radical (unpaired) electrons. The van der Waals surface area contributed by atoms with Crippen molar-refractivity contribution in [3.05, 3.63) is 28.8 Å². The van der Waals surface area contributed by atoms with Gasteiger partial charge in [-0.3, -0.25) is 5.32 Å². The molecular formula is C10H13ClN2O2. The van der Waals surface area contributed by atoms with Crippen molar-refractivity contribution in [3.8, 4) is 0 Å². The number of hydrogen-bond acceptors (Lipinski definition) is 3. The first-order valence-corrected chi connectivity index (χ1v) is 4.91. The second kappa shape index (κ2) is 5.58. The smallest absolute Gasteiger partial charge is 0.411 e. The lowest BCUT2D eigenvalue weighted by molar-refractivity contribution is 0.165. The fraction of sp³-hybridized carbons (Fsp3) is 0.300. The van der Waals surface area contributed by atoms with Crippen LogP contribution in [-0.4, -0.2) is 19.2 Å². The number of halogens is 1. The minimum atomic E-state index is -0.527. The fourth-order valence-electron chi connectivity index (χ4n) is 0.976. The van der Waals surface area contributed by atoms with Crippen molar-refractivity contribution in [3.63, 3.8) is 0 Å². The summed E-state index contributed by atoms with van der Waals surface area (Å²) in [4.78, 5) is 11.1. The monoisotopic (exact) mass is 228 g/mol. The van der Waals surface area contributed by atoms with Gasteiger partial charge in [0.2, 0.25) is 0 Å². The lowest BCUT2D eigenvalue weighted by atomic mass is 10.2. The van der Waals surface area contributed by atoms with Crippen LogP contribution in [0, 0.1) is 6.92 Å². The van der Waals surface area contributed by atoms with Crippen molar-refractivity contribution in [2.75, 3.05) is 18.5 Å². The van der Waals surface area contributed by atoms with E-state index < -0.39 is 6.09 Å². The maximum atomic E-state index is 11.1. The van der Waals surface area contributed by atoms with Crippen molar-refractivity contribution < 1.29 is 9.53 Å². The Bertz CT molecular complexity index is 355. The first kappa shape index (κ1) is 11.8. The van der Waals surface area contributed by atoms with Gasteiger partial charge in [0.1, 0.15) is 6.61 Å². The van der Waals surface area contributed by atoms with Gasteiger partial charge in [-0.05, 0) is 24.6 Å². The topological polar surface area (TPSA) is 64.3 Å². The van der Waals surface area contributed by atoms with Gasteiger partial charge in [0.25, 0.3) is 0 Å². The van der Waals surface area contributed by atoms with Crippen LogP contribution in [0.2, 0.25) is 5.02 Å². The zero-order valence-corrected chi connectivity index (χ0v) is 9.17. The Morgan fingerprint density at radius 2 is 2.33 bits per heavy atom. The minimum Gasteiger partial charge on any atom is -0.448 e. The molecule has 0 unspecified atom stereocenters. The molecule has 0 spiro atoms. The quantitative estimate of drug-likeness (QED) is 0.833. The van der Waals surface area contributed by atoms with Gasteiger partial charge >= 0.3 is 6.09 Å². The standard InChI is InChI=1S/C10H13ClN2O2/c1-7-2-3-8(6-9(7)11)13-10(14)15-5-4-12/h2-3,6H,4-5,12H2,1H3,(H,13,14). The molecule has 0 saturated heterocycles. The van der Waals surface area contributed by atoms with Gasteiger partial charge in [-0.1, -0.05) is 17.7 Å². The molecule has 15 heavy (non-hydrogen) atoms. The summed E-state index contributed by atoms with van der Waals surface area (Å²) < 4.78 is 4.75. The van der Waals surface area contributed by atoms with E-state index in [0.717, 1.165) is 5.56 Å². The number of anilines is 1. The average molecular weight is 229 g/mol. The van der Waals surface area contributed by atoms with Crippen LogP contribution in [0.5, 0.6) is 0 Å². The summed E-state index contributed by atoms with van der Waals surface area (Å²) in [7, 11) is 0. The van der Waals surface area contributed by atoms with Crippen molar-refractivity contribution in [1.82, 2.24) is 0 Å². The number of nitrogens with two attached hydrogens (primary N) is 1. The van der Waals surface area contributed by atoms with Crippen LogP contribution in [0.25, 0.3) is 0 Å². The fourth-order valence-corrected chi connectivity index (χ4v) is 1.16. The summed E-state index contributed by atoms with van der Waals surface area (Å²) in [6.07, 6.45) is -0.527. The van der Waals surface area contributed by atoms with Gasteiger partial charge < -0.3 is 10.5 Å². The molecule has 0 heterocycles. The Morgan fingerprint density at radius 1 is 1.60 bits per heavy atom. The summed E-state index contributed by atoms with van der Waals surface area (Å²) in [6.45, 7) is 2.40. The first-order chi connectivity index (χ1) is 7.13. The number of rotatable bonds is 3. The number of amides is 1. The number of carbonyl (C=O) groups is 1. The molecule has 0 aliphatic rings. The molecule has 4 nitrogen and oxygen atoms in total. The predicted molar refractivity (Wildman–Crippen MR) is 60.2 cm³/mol. The van der Waals surface area contributed by atoms with Crippen molar-refractivity contribution in [2.45, 2.75) is 6.92 Å². The highest BCUT2D eigenvalue weighted by molar-refractivity contribution is 6.31. The van der Waals surface area contributed by atoms with Crippen LogP contribution in [0.3, 0.4) is 0 Å². The third kappa shape index (κ3) is 3.77. The van der Waals surface area contributed by atoms with Gasteiger partial charge in [-0.25, -0.2) is 4.79 Å². The molecule has 0 fully saturated rings.